The third-order valence-corrected chi connectivity index (χ3v) is 3.29. The van der Waals surface area contributed by atoms with Crippen molar-refractivity contribution in [1.82, 2.24) is 5.32 Å². The van der Waals surface area contributed by atoms with E-state index in [1.54, 1.807) is 0 Å². The molecule has 1 rings (SSSR count). The predicted molar refractivity (Wildman–Crippen MR) is 53.3 cm³/mol. The Bertz CT molecular complexity index is 181. The van der Waals surface area contributed by atoms with Crippen molar-refractivity contribution in [3.05, 3.63) is 12.7 Å². The number of carbonyl (C=O) groups is 1. The zero-order valence-electron chi connectivity index (χ0n) is 7.05. The molecule has 2 atom stereocenters. The third-order valence-electron chi connectivity index (χ3n) is 2.19. The van der Waals surface area contributed by atoms with Gasteiger partial charge in [-0.1, -0.05) is 35.4 Å². The maximum absolute atomic E-state index is 11.0. The number of carbonyl (C=O) groups excluding carboxylic acids is 1. The fourth-order valence-corrected chi connectivity index (χ4v) is 2.21. The lowest BCUT2D eigenvalue weighted by atomic mass is 9.95. The monoisotopic (exact) mass is 231 g/mol. The van der Waals surface area contributed by atoms with E-state index in [-0.39, 0.29) is 5.91 Å². The number of alkyl halides is 1. The van der Waals surface area contributed by atoms with Crippen molar-refractivity contribution < 1.29 is 4.79 Å². The van der Waals surface area contributed by atoms with Gasteiger partial charge in [-0.3, -0.25) is 4.79 Å². The van der Waals surface area contributed by atoms with E-state index in [9.17, 15) is 4.79 Å². The number of nitrogens with one attached hydrogen (secondary N) is 1. The molecule has 1 saturated carbocycles. The zero-order valence-corrected chi connectivity index (χ0v) is 8.64. The van der Waals surface area contributed by atoms with Gasteiger partial charge in [-0.15, -0.1) is 0 Å². The first kappa shape index (κ1) is 9.78. The van der Waals surface area contributed by atoms with Crippen LogP contribution in [0.3, 0.4) is 0 Å². The summed E-state index contributed by atoms with van der Waals surface area (Å²) in [5.74, 6) is -0.0636. The smallest absolute Gasteiger partial charge is 0.243 e. The summed E-state index contributed by atoms with van der Waals surface area (Å²) in [7, 11) is 0. The maximum Gasteiger partial charge on any atom is 0.243 e. The quantitative estimate of drug-likeness (QED) is 0.572. The summed E-state index contributed by atoms with van der Waals surface area (Å²) in [6.45, 7) is 3.42. The van der Waals surface area contributed by atoms with E-state index < -0.39 is 0 Å². The molecule has 1 fully saturated rings. The molecule has 68 valence electrons. The van der Waals surface area contributed by atoms with Gasteiger partial charge in [0.1, 0.15) is 0 Å². The van der Waals surface area contributed by atoms with Crippen molar-refractivity contribution in [2.45, 2.75) is 36.6 Å². The van der Waals surface area contributed by atoms with E-state index in [4.69, 9.17) is 0 Å². The zero-order chi connectivity index (χ0) is 8.97. The molecule has 0 aromatic rings. The molecule has 1 N–H and O–H groups in total. The van der Waals surface area contributed by atoms with Crippen LogP contribution in [0.1, 0.15) is 25.7 Å². The molecule has 1 amide bonds. The highest BCUT2D eigenvalue weighted by Gasteiger charge is 2.23. The van der Waals surface area contributed by atoms with E-state index in [0.29, 0.717) is 10.9 Å². The van der Waals surface area contributed by atoms with Crippen LogP contribution in [0.15, 0.2) is 12.7 Å². The highest BCUT2D eigenvalue weighted by molar-refractivity contribution is 9.09. The molecule has 0 aliphatic heterocycles. The summed E-state index contributed by atoms with van der Waals surface area (Å²) < 4.78 is 0. The van der Waals surface area contributed by atoms with Gasteiger partial charge < -0.3 is 5.32 Å². The average molecular weight is 232 g/mol. The van der Waals surface area contributed by atoms with Crippen LogP contribution in [0, 0.1) is 0 Å². The molecular weight excluding hydrogens is 218 g/mol. The largest absolute Gasteiger partial charge is 0.349 e. The van der Waals surface area contributed by atoms with Gasteiger partial charge in [-0.05, 0) is 18.9 Å². The van der Waals surface area contributed by atoms with Gasteiger partial charge in [0.2, 0.25) is 5.91 Å². The van der Waals surface area contributed by atoms with E-state index in [0.717, 1.165) is 12.8 Å². The predicted octanol–water partition coefficient (Wildman–Crippen LogP) is 1.99. The summed E-state index contributed by atoms with van der Waals surface area (Å²) >= 11 is 3.56. The van der Waals surface area contributed by atoms with Crippen molar-refractivity contribution in [3.8, 4) is 0 Å². The highest BCUT2D eigenvalue weighted by atomic mass is 79.9. The van der Waals surface area contributed by atoms with E-state index in [2.05, 4.69) is 27.8 Å². The molecule has 0 aromatic carbocycles. The lowest BCUT2D eigenvalue weighted by Crippen LogP contribution is -2.41. The van der Waals surface area contributed by atoms with Gasteiger partial charge in [0.25, 0.3) is 0 Å². The fourth-order valence-electron chi connectivity index (χ4n) is 1.49. The van der Waals surface area contributed by atoms with Crippen LogP contribution in [-0.2, 0) is 4.79 Å². The molecule has 0 aromatic heterocycles. The number of hydrogen-bond acceptors (Lipinski definition) is 1. The molecule has 0 bridgehead atoms. The Labute approximate surface area is 81.5 Å². The van der Waals surface area contributed by atoms with Crippen LogP contribution in [0.2, 0.25) is 0 Å². The van der Waals surface area contributed by atoms with Crippen LogP contribution < -0.4 is 5.32 Å². The van der Waals surface area contributed by atoms with Crippen LogP contribution in [0.5, 0.6) is 0 Å². The lowest BCUT2D eigenvalue weighted by molar-refractivity contribution is -0.117. The molecule has 1 aliphatic rings. The molecule has 12 heavy (non-hydrogen) atoms. The Morgan fingerprint density at radius 2 is 2.17 bits per heavy atom. The van der Waals surface area contributed by atoms with E-state index in [1.165, 1.54) is 18.9 Å². The maximum atomic E-state index is 11.0. The minimum absolute atomic E-state index is 0.0636. The first-order chi connectivity index (χ1) is 5.74. The molecule has 0 unspecified atom stereocenters. The molecule has 0 radical (unpaired) electrons. The Morgan fingerprint density at radius 1 is 1.50 bits per heavy atom. The van der Waals surface area contributed by atoms with Crippen LogP contribution in [0.4, 0.5) is 0 Å². The van der Waals surface area contributed by atoms with Gasteiger partial charge in [0, 0.05) is 10.9 Å². The summed E-state index contributed by atoms with van der Waals surface area (Å²) in [5.41, 5.74) is 0. The lowest BCUT2D eigenvalue weighted by Gasteiger charge is -2.27. The second-order valence-corrected chi connectivity index (χ2v) is 4.30. The number of amides is 1. The van der Waals surface area contributed by atoms with Gasteiger partial charge in [-0.25, -0.2) is 0 Å². The SMILES string of the molecule is C=CC(=O)N[C@H]1CCCC[C@@H]1Br. The standard InChI is InChI=1S/C9H14BrNO/c1-2-9(12)11-8-6-4-3-5-7(8)10/h2,7-8H,1,3-6H2,(H,11,12)/t7-,8-/m0/s1. The molecular formula is C9H14BrNO. The van der Waals surface area contributed by atoms with Gasteiger partial charge in [-0.2, -0.15) is 0 Å². The molecule has 0 spiro atoms. The summed E-state index contributed by atoms with van der Waals surface area (Å²) in [5, 5.41) is 2.91. The van der Waals surface area contributed by atoms with Crippen LogP contribution in [0.25, 0.3) is 0 Å². The normalized spacial score (nSPS) is 29.4. The Kier molecular flexibility index (Phi) is 3.79. The summed E-state index contributed by atoms with van der Waals surface area (Å²) in [4.78, 5) is 11.4. The summed E-state index contributed by atoms with van der Waals surface area (Å²) in [6, 6.07) is 0.296. The van der Waals surface area contributed by atoms with Crippen molar-refractivity contribution >= 4 is 21.8 Å². The Morgan fingerprint density at radius 3 is 2.75 bits per heavy atom. The van der Waals surface area contributed by atoms with Crippen molar-refractivity contribution in [1.29, 1.82) is 0 Å². The molecule has 2 nitrogen and oxygen atoms in total. The van der Waals surface area contributed by atoms with Crippen LogP contribution in [-0.4, -0.2) is 16.8 Å². The van der Waals surface area contributed by atoms with E-state index >= 15 is 0 Å². The highest BCUT2D eigenvalue weighted by Crippen LogP contribution is 2.24. The second kappa shape index (κ2) is 4.65. The number of halogens is 1. The first-order valence-corrected chi connectivity index (χ1v) is 5.22. The van der Waals surface area contributed by atoms with Crippen molar-refractivity contribution in [3.63, 3.8) is 0 Å². The second-order valence-electron chi connectivity index (χ2n) is 3.12. The third kappa shape index (κ3) is 2.63. The number of rotatable bonds is 2. The molecule has 0 saturated heterocycles. The molecule has 3 heteroatoms. The average Bonchev–Trinajstić information content (AvgIpc) is 2.09. The van der Waals surface area contributed by atoms with Crippen LogP contribution >= 0.6 is 15.9 Å². The van der Waals surface area contributed by atoms with Gasteiger partial charge in [0.05, 0.1) is 0 Å². The number of hydrogen-bond donors (Lipinski definition) is 1. The fraction of sp³-hybridized carbons (Fsp3) is 0.667. The Balaban J connectivity index is 2.38. The first-order valence-electron chi connectivity index (χ1n) is 4.31. The van der Waals surface area contributed by atoms with Gasteiger partial charge >= 0.3 is 0 Å². The van der Waals surface area contributed by atoms with E-state index in [1.807, 2.05) is 0 Å². The van der Waals surface area contributed by atoms with Crippen molar-refractivity contribution in [2.24, 2.45) is 0 Å². The Hall–Kier alpha value is -0.310. The molecule has 0 heterocycles. The van der Waals surface area contributed by atoms with Gasteiger partial charge in [0.15, 0.2) is 0 Å². The summed E-state index contributed by atoms with van der Waals surface area (Å²) in [6.07, 6.45) is 6.03. The molecule has 1 aliphatic carbocycles. The minimum Gasteiger partial charge on any atom is -0.349 e. The topological polar surface area (TPSA) is 29.1 Å². The minimum atomic E-state index is -0.0636. The van der Waals surface area contributed by atoms with Crippen molar-refractivity contribution in [2.75, 3.05) is 0 Å².